The monoisotopic (exact) mass is 388 g/mol. The predicted octanol–water partition coefficient (Wildman–Crippen LogP) is 2.75. The Labute approximate surface area is 165 Å². The molecule has 9 heteroatoms. The number of aliphatic imine (C=N–C) groups is 1. The second-order valence-electron chi connectivity index (χ2n) is 6.86. The molecule has 2 aromatic rings. The number of hydrogen-bond donors (Lipinski definition) is 2. The Balaban J connectivity index is 1.81. The molecule has 28 heavy (non-hydrogen) atoms. The van der Waals surface area contributed by atoms with Gasteiger partial charge in [0.05, 0.1) is 24.1 Å². The van der Waals surface area contributed by atoms with Gasteiger partial charge in [-0.2, -0.15) is 5.10 Å². The second kappa shape index (κ2) is 10.3. The number of benzene rings is 1. The summed E-state index contributed by atoms with van der Waals surface area (Å²) in [6.45, 7) is 8.01. The molecule has 9 nitrogen and oxygen atoms in total. The van der Waals surface area contributed by atoms with Crippen molar-refractivity contribution in [3.05, 3.63) is 52.3 Å². The van der Waals surface area contributed by atoms with Gasteiger partial charge in [0, 0.05) is 13.6 Å². The van der Waals surface area contributed by atoms with Crippen LogP contribution in [0, 0.1) is 16.0 Å². The van der Waals surface area contributed by atoms with Crippen LogP contribution in [0.2, 0.25) is 0 Å². The maximum atomic E-state index is 10.7. The van der Waals surface area contributed by atoms with Gasteiger partial charge in [0.2, 0.25) is 0 Å². The van der Waals surface area contributed by atoms with Gasteiger partial charge in [0.1, 0.15) is 18.1 Å². The summed E-state index contributed by atoms with van der Waals surface area (Å²) in [6, 6.07) is 8.05. The van der Waals surface area contributed by atoms with Crippen molar-refractivity contribution in [2.24, 2.45) is 10.9 Å². The van der Waals surface area contributed by atoms with Crippen LogP contribution < -0.4 is 15.4 Å². The first-order valence-electron chi connectivity index (χ1n) is 9.25. The smallest absolute Gasteiger partial charge is 0.306 e. The third-order valence-electron chi connectivity index (χ3n) is 4.00. The number of rotatable bonds is 9. The maximum Gasteiger partial charge on any atom is 0.306 e. The van der Waals surface area contributed by atoms with E-state index in [4.69, 9.17) is 4.74 Å². The van der Waals surface area contributed by atoms with Gasteiger partial charge < -0.3 is 15.4 Å². The van der Waals surface area contributed by atoms with Gasteiger partial charge in [-0.25, -0.2) is 0 Å². The molecule has 0 fully saturated rings. The number of aromatic nitrogens is 2. The molecule has 0 aliphatic carbocycles. The van der Waals surface area contributed by atoms with E-state index in [-0.39, 0.29) is 11.7 Å². The van der Waals surface area contributed by atoms with Gasteiger partial charge in [-0.05, 0) is 30.5 Å². The third kappa shape index (κ3) is 6.57. The second-order valence-corrected chi connectivity index (χ2v) is 6.86. The highest BCUT2D eigenvalue weighted by molar-refractivity contribution is 5.80. The van der Waals surface area contributed by atoms with Crippen molar-refractivity contribution in [2.45, 2.75) is 33.4 Å². The van der Waals surface area contributed by atoms with Crippen molar-refractivity contribution < 1.29 is 9.66 Å². The summed E-state index contributed by atoms with van der Waals surface area (Å²) in [5.74, 6) is 2.00. The SMILES string of the molecule is CN=C(NCCn1cc([N+](=O)[O-])cn1)NC(C)c1ccc(OCC(C)C)cc1. The van der Waals surface area contributed by atoms with Crippen LogP contribution >= 0.6 is 0 Å². The zero-order chi connectivity index (χ0) is 20.5. The van der Waals surface area contributed by atoms with Crippen molar-refractivity contribution in [1.82, 2.24) is 20.4 Å². The Morgan fingerprint density at radius 3 is 2.61 bits per heavy atom. The molecule has 0 amide bonds. The van der Waals surface area contributed by atoms with Crippen molar-refractivity contribution >= 4 is 11.6 Å². The highest BCUT2D eigenvalue weighted by Gasteiger charge is 2.10. The standard InChI is InChI=1S/C19H28N6O3/c1-14(2)13-28-18-7-5-16(6-8-18)15(3)23-19(20-4)21-9-10-24-12-17(11-22-24)25(26)27/h5-8,11-12,14-15H,9-10,13H2,1-4H3,(H2,20,21,23). The van der Waals surface area contributed by atoms with E-state index >= 15 is 0 Å². The first-order valence-corrected chi connectivity index (χ1v) is 9.25. The van der Waals surface area contributed by atoms with Gasteiger partial charge in [0.25, 0.3) is 0 Å². The molecule has 1 atom stereocenters. The lowest BCUT2D eigenvalue weighted by Crippen LogP contribution is -2.40. The minimum atomic E-state index is -0.460. The Hall–Kier alpha value is -3.10. The molecule has 0 spiro atoms. The van der Waals surface area contributed by atoms with Crippen LogP contribution in [0.15, 0.2) is 41.7 Å². The zero-order valence-electron chi connectivity index (χ0n) is 16.8. The van der Waals surface area contributed by atoms with Gasteiger partial charge in [0.15, 0.2) is 5.96 Å². The quantitative estimate of drug-likeness (QED) is 0.296. The minimum absolute atomic E-state index is 0.0167. The molecule has 0 aliphatic heterocycles. The summed E-state index contributed by atoms with van der Waals surface area (Å²) in [6.07, 6.45) is 2.65. The lowest BCUT2D eigenvalue weighted by atomic mass is 10.1. The van der Waals surface area contributed by atoms with E-state index in [1.165, 1.54) is 17.1 Å². The largest absolute Gasteiger partial charge is 0.493 e. The molecule has 1 aromatic heterocycles. The van der Waals surface area contributed by atoms with Crippen LogP contribution in [0.5, 0.6) is 5.75 Å². The van der Waals surface area contributed by atoms with Crippen LogP contribution in [-0.4, -0.2) is 40.9 Å². The Bertz CT molecular complexity index is 785. The number of ether oxygens (including phenoxy) is 1. The van der Waals surface area contributed by atoms with E-state index in [2.05, 4.69) is 34.6 Å². The molecule has 1 unspecified atom stereocenters. The average Bonchev–Trinajstić information content (AvgIpc) is 3.15. The molecule has 0 bridgehead atoms. The molecular weight excluding hydrogens is 360 g/mol. The van der Waals surface area contributed by atoms with Crippen LogP contribution in [0.1, 0.15) is 32.4 Å². The third-order valence-corrected chi connectivity index (χ3v) is 4.00. The van der Waals surface area contributed by atoms with E-state index in [0.717, 1.165) is 11.3 Å². The number of nitrogens with zero attached hydrogens (tertiary/aromatic N) is 4. The lowest BCUT2D eigenvalue weighted by molar-refractivity contribution is -0.385. The minimum Gasteiger partial charge on any atom is -0.493 e. The summed E-state index contributed by atoms with van der Waals surface area (Å²) in [5, 5.41) is 21.2. The van der Waals surface area contributed by atoms with Crippen LogP contribution in [0.25, 0.3) is 0 Å². The molecule has 2 N–H and O–H groups in total. The first kappa shape index (κ1) is 21.2. The first-order chi connectivity index (χ1) is 13.4. The topological polar surface area (TPSA) is 107 Å². The molecule has 152 valence electrons. The van der Waals surface area contributed by atoms with Crippen molar-refractivity contribution in [2.75, 3.05) is 20.2 Å². The normalized spacial score (nSPS) is 12.7. The van der Waals surface area contributed by atoms with Crippen LogP contribution in [-0.2, 0) is 6.54 Å². The fourth-order valence-electron chi connectivity index (χ4n) is 2.46. The number of nitro groups is 1. The highest BCUT2D eigenvalue weighted by atomic mass is 16.6. The molecule has 2 rings (SSSR count). The van der Waals surface area contributed by atoms with Crippen LogP contribution in [0.4, 0.5) is 5.69 Å². The number of nitrogens with one attached hydrogen (secondary N) is 2. The molecule has 0 radical (unpaired) electrons. The molecule has 0 saturated carbocycles. The highest BCUT2D eigenvalue weighted by Crippen LogP contribution is 2.18. The van der Waals surface area contributed by atoms with E-state index in [0.29, 0.717) is 31.6 Å². The van der Waals surface area contributed by atoms with Gasteiger partial charge in [-0.3, -0.25) is 19.8 Å². The summed E-state index contributed by atoms with van der Waals surface area (Å²) < 4.78 is 7.23. The zero-order valence-corrected chi connectivity index (χ0v) is 16.8. The molecule has 0 saturated heterocycles. The van der Waals surface area contributed by atoms with Gasteiger partial charge in [-0.1, -0.05) is 26.0 Å². The molecular formula is C19H28N6O3. The van der Waals surface area contributed by atoms with Crippen molar-refractivity contribution in [1.29, 1.82) is 0 Å². The average molecular weight is 388 g/mol. The summed E-state index contributed by atoms with van der Waals surface area (Å²) >= 11 is 0. The van der Waals surface area contributed by atoms with E-state index < -0.39 is 4.92 Å². The maximum absolute atomic E-state index is 10.7. The molecule has 1 aromatic carbocycles. The number of guanidine groups is 1. The van der Waals surface area contributed by atoms with E-state index in [1.807, 2.05) is 31.2 Å². The summed E-state index contributed by atoms with van der Waals surface area (Å²) in [4.78, 5) is 14.4. The fraction of sp³-hybridized carbons (Fsp3) is 0.474. The summed E-state index contributed by atoms with van der Waals surface area (Å²) in [7, 11) is 1.70. The van der Waals surface area contributed by atoms with Crippen LogP contribution in [0.3, 0.4) is 0 Å². The number of hydrogen-bond acceptors (Lipinski definition) is 5. The molecule has 1 heterocycles. The Morgan fingerprint density at radius 1 is 1.32 bits per heavy atom. The molecule has 0 aliphatic rings. The van der Waals surface area contributed by atoms with Crippen molar-refractivity contribution in [3.63, 3.8) is 0 Å². The van der Waals surface area contributed by atoms with E-state index in [1.54, 1.807) is 7.05 Å². The Kier molecular flexibility index (Phi) is 7.79. The van der Waals surface area contributed by atoms with Gasteiger partial charge in [-0.15, -0.1) is 0 Å². The lowest BCUT2D eigenvalue weighted by Gasteiger charge is -2.19. The van der Waals surface area contributed by atoms with Crippen molar-refractivity contribution in [3.8, 4) is 5.75 Å². The Morgan fingerprint density at radius 2 is 2.04 bits per heavy atom. The predicted molar refractivity (Wildman–Crippen MR) is 109 cm³/mol. The van der Waals surface area contributed by atoms with Gasteiger partial charge >= 0.3 is 5.69 Å². The fourth-order valence-corrected chi connectivity index (χ4v) is 2.46. The van der Waals surface area contributed by atoms with E-state index in [9.17, 15) is 10.1 Å². The summed E-state index contributed by atoms with van der Waals surface area (Å²) in [5.41, 5.74) is 1.10.